The van der Waals surface area contributed by atoms with Gasteiger partial charge in [0.15, 0.2) is 0 Å². The molecule has 0 saturated carbocycles. The molecule has 0 aliphatic heterocycles. The van der Waals surface area contributed by atoms with E-state index < -0.39 is 0 Å². The lowest BCUT2D eigenvalue weighted by atomic mass is 9.91. The molecule has 0 saturated heterocycles. The molecule has 1 aromatic heterocycles. The Morgan fingerprint density at radius 1 is 1.08 bits per heavy atom. The van der Waals surface area contributed by atoms with Crippen molar-refractivity contribution < 1.29 is 9.30 Å². The lowest BCUT2D eigenvalue weighted by Crippen LogP contribution is -2.31. The van der Waals surface area contributed by atoms with Crippen molar-refractivity contribution in [1.82, 2.24) is 4.57 Å². The number of aromatic nitrogens is 2. The van der Waals surface area contributed by atoms with Crippen molar-refractivity contribution in [2.45, 2.75) is 67.2 Å². The maximum Gasteiger partial charge on any atom is 0.268 e. The number of rotatable bonds is 9. The monoisotopic (exact) mass is 355 g/mol. The summed E-state index contributed by atoms with van der Waals surface area (Å²) < 4.78 is 11.0. The molecule has 0 aliphatic carbocycles. The van der Waals surface area contributed by atoms with E-state index in [0.717, 1.165) is 17.9 Å². The summed E-state index contributed by atoms with van der Waals surface area (Å²) in [5.41, 5.74) is 2.55. The predicted octanol–water partition coefficient (Wildman–Crippen LogP) is 5.73. The Labute approximate surface area is 159 Å². The normalized spacial score (nSPS) is 12.5. The molecular weight excluding hydrogens is 320 g/mol. The summed E-state index contributed by atoms with van der Waals surface area (Å²) >= 11 is 0. The maximum atomic E-state index is 6.55. The molecule has 142 valence electrons. The minimum absolute atomic E-state index is 0.147. The van der Waals surface area contributed by atoms with Gasteiger partial charge in [-0.05, 0) is 30.8 Å². The van der Waals surface area contributed by atoms with Crippen LogP contribution in [0.2, 0.25) is 0 Å². The van der Waals surface area contributed by atoms with Gasteiger partial charge in [0.1, 0.15) is 12.4 Å². The minimum atomic E-state index is -0.147. The summed E-state index contributed by atoms with van der Waals surface area (Å²) in [4.78, 5) is 0. The van der Waals surface area contributed by atoms with Gasteiger partial charge < -0.3 is 4.74 Å². The van der Waals surface area contributed by atoms with E-state index in [1.54, 1.807) is 0 Å². The van der Waals surface area contributed by atoms with Crippen LogP contribution in [0.4, 0.5) is 0 Å². The summed E-state index contributed by atoms with van der Waals surface area (Å²) in [5.74, 6) is 1.99. The summed E-state index contributed by atoms with van der Waals surface area (Å²) in [5, 5.41) is 0. The van der Waals surface area contributed by atoms with Gasteiger partial charge in [0.2, 0.25) is 6.33 Å². The average molecular weight is 356 g/mol. The molecule has 0 aliphatic rings. The van der Waals surface area contributed by atoms with Gasteiger partial charge in [0, 0.05) is 5.56 Å². The third-order valence-electron chi connectivity index (χ3n) is 4.78. The number of nitrogens with zero attached hydrogens (tertiary/aromatic N) is 2. The zero-order valence-electron chi connectivity index (χ0n) is 17.3. The van der Waals surface area contributed by atoms with Crippen molar-refractivity contribution in [1.29, 1.82) is 0 Å². The van der Waals surface area contributed by atoms with Crippen LogP contribution in [0.5, 0.6) is 0 Å². The molecular formula is C23H35N2O+. The number of allylic oxidation sites excluding steroid dienone is 2. The summed E-state index contributed by atoms with van der Waals surface area (Å²) in [6.07, 6.45) is 8.65. The number of hydrogen-bond acceptors (Lipinski definition) is 1. The van der Waals surface area contributed by atoms with Crippen LogP contribution in [0.25, 0.3) is 0 Å². The largest absolute Gasteiger partial charge is 0.452 e. The first-order valence-electron chi connectivity index (χ1n) is 9.92. The summed E-state index contributed by atoms with van der Waals surface area (Å²) in [6, 6.07) is 10.5. The average Bonchev–Trinajstić information content (AvgIpc) is 3.06. The Morgan fingerprint density at radius 3 is 2.31 bits per heavy atom. The standard InChI is InChI=1S/C23H35N2O/c1-7-8-14-24-15-16-25(17-24)23(21-12-10-9-11-13-21)26-20(6)22(18(2)3)19(4)5/h9-13,15-19,23H,7-8,14H2,1-6H3/q+1. The molecule has 1 atom stereocenters. The van der Waals surface area contributed by atoms with Crippen molar-refractivity contribution in [3.63, 3.8) is 0 Å². The van der Waals surface area contributed by atoms with E-state index in [4.69, 9.17) is 4.74 Å². The third kappa shape index (κ3) is 5.23. The Hall–Kier alpha value is -2.03. The fraction of sp³-hybridized carbons (Fsp3) is 0.522. The highest BCUT2D eigenvalue weighted by molar-refractivity contribution is 5.20. The van der Waals surface area contributed by atoms with Crippen LogP contribution in [-0.2, 0) is 11.3 Å². The second kappa shape index (κ2) is 9.61. The molecule has 1 aromatic carbocycles. The Kier molecular flexibility index (Phi) is 7.50. The fourth-order valence-electron chi connectivity index (χ4n) is 3.66. The Morgan fingerprint density at radius 2 is 1.73 bits per heavy atom. The Balaban J connectivity index is 2.36. The smallest absolute Gasteiger partial charge is 0.268 e. The quantitative estimate of drug-likeness (QED) is 0.415. The number of imidazole rings is 1. The Bertz CT molecular complexity index is 688. The zero-order chi connectivity index (χ0) is 19.1. The van der Waals surface area contributed by atoms with Crippen LogP contribution >= 0.6 is 0 Å². The third-order valence-corrected chi connectivity index (χ3v) is 4.78. The van der Waals surface area contributed by atoms with E-state index >= 15 is 0 Å². The van der Waals surface area contributed by atoms with Gasteiger partial charge in [-0.1, -0.05) is 71.4 Å². The van der Waals surface area contributed by atoms with Crippen molar-refractivity contribution in [2.24, 2.45) is 11.8 Å². The first kappa shape index (κ1) is 20.3. The van der Waals surface area contributed by atoms with Crippen LogP contribution in [-0.4, -0.2) is 4.57 Å². The van der Waals surface area contributed by atoms with E-state index in [2.05, 4.69) is 93.7 Å². The van der Waals surface area contributed by atoms with Gasteiger partial charge in [-0.2, -0.15) is 4.57 Å². The first-order valence-corrected chi connectivity index (χ1v) is 9.92. The predicted molar refractivity (Wildman–Crippen MR) is 108 cm³/mol. The lowest BCUT2D eigenvalue weighted by molar-refractivity contribution is -0.697. The van der Waals surface area contributed by atoms with E-state index in [9.17, 15) is 0 Å². The van der Waals surface area contributed by atoms with Gasteiger partial charge in [-0.3, -0.25) is 0 Å². The molecule has 3 heteroatoms. The van der Waals surface area contributed by atoms with Crippen molar-refractivity contribution in [2.75, 3.05) is 0 Å². The van der Waals surface area contributed by atoms with E-state index in [1.807, 2.05) is 6.07 Å². The topological polar surface area (TPSA) is 18.0 Å². The molecule has 0 N–H and O–H groups in total. The number of unbranched alkanes of at least 4 members (excludes halogenated alkanes) is 1. The molecule has 2 aromatic rings. The highest BCUT2D eigenvalue weighted by Gasteiger charge is 2.23. The second-order valence-corrected chi connectivity index (χ2v) is 7.65. The van der Waals surface area contributed by atoms with Gasteiger partial charge in [-0.25, -0.2) is 4.57 Å². The van der Waals surface area contributed by atoms with Crippen LogP contribution in [0.1, 0.15) is 66.2 Å². The SMILES string of the molecule is CCCC[n+]1ccn(C(OC(C)=C(C(C)C)C(C)C)c2ccccc2)c1. The number of aryl methyl sites for hydroxylation is 1. The van der Waals surface area contributed by atoms with Crippen molar-refractivity contribution in [3.05, 3.63) is 65.9 Å². The van der Waals surface area contributed by atoms with Gasteiger partial charge in [0.05, 0.1) is 12.3 Å². The van der Waals surface area contributed by atoms with Crippen molar-refractivity contribution >= 4 is 0 Å². The molecule has 0 fully saturated rings. The molecule has 0 spiro atoms. The second-order valence-electron chi connectivity index (χ2n) is 7.65. The molecule has 2 rings (SSSR count). The van der Waals surface area contributed by atoms with Gasteiger partial charge >= 0.3 is 0 Å². The van der Waals surface area contributed by atoms with E-state index in [0.29, 0.717) is 11.8 Å². The molecule has 1 unspecified atom stereocenters. The highest BCUT2D eigenvalue weighted by Crippen LogP contribution is 2.29. The van der Waals surface area contributed by atoms with Gasteiger partial charge in [-0.15, -0.1) is 0 Å². The van der Waals surface area contributed by atoms with Gasteiger partial charge in [0.25, 0.3) is 6.23 Å². The molecule has 0 amide bonds. The van der Waals surface area contributed by atoms with Crippen LogP contribution in [0, 0.1) is 11.8 Å². The fourth-order valence-corrected chi connectivity index (χ4v) is 3.66. The van der Waals surface area contributed by atoms with Crippen LogP contribution < -0.4 is 4.57 Å². The molecule has 1 heterocycles. The zero-order valence-corrected chi connectivity index (χ0v) is 17.3. The van der Waals surface area contributed by atoms with Crippen LogP contribution in [0.3, 0.4) is 0 Å². The molecule has 0 bridgehead atoms. The minimum Gasteiger partial charge on any atom is -0.452 e. The highest BCUT2D eigenvalue weighted by atomic mass is 16.5. The first-order chi connectivity index (χ1) is 12.4. The van der Waals surface area contributed by atoms with E-state index in [1.165, 1.54) is 18.4 Å². The van der Waals surface area contributed by atoms with Crippen LogP contribution in [0.15, 0.2) is 60.4 Å². The maximum absolute atomic E-state index is 6.55. The number of benzene rings is 1. The van der Waals surface area contributed by atoms with Crippen molar-refractivity contribution in [3.8, 4) is 0 Å². The number of hydrogen-bond donors (Lipinski definition) is 0. The molecule has 26 heavy (non-hydrogen) atoms. The summed E-state index contributed by atoms with van der Waals surface area (Å²) in [6.45, 7) is 14.4. The molecule has 0 radical (unpaired) electrons. The molecule has 3 nitrogen and oxygen atoms in total. The van der Waals surface area contributed by atoms with E-state index in [-0.39, 0.29) is 6.23 Å². The number of ether oxygens (including phenoxy) is 1. The lowest BCUT2D eigenvalue weighted by Gasteiger charge is -2.23. The summed E-state index contributed by atoms with van der Waals surface area (Å²) in [7, 11) is 0.